The molecular formula is C45H46N2O9. The van der Waals surface area contributed by atoms with E-state index in [9.17, 15) is 14.7 Å². The van der Waals surface area contributed by atoms with E-state index in [2.05, 4.69) is 5.32 Å². The van der Waals surface area contributed by atoms with E-state index in [1.165, 1.54) is 0 Å². The van der Waals surface area contributed by atoms with Gasteiger partial charge in [-0.1, -0.05) is 140 Å². The lowest BCUT2D eigenvalue weighted by molar-refractivity contribution is -0.287. The Bertz CT molecular complexity index is 1970. The number of carboxylic acid groups (broad SMARTS) is 1. The van der Waals surface area contributed by atoms with Gasteiger partial charge in [-0.2, -0.15) is 0 Å². The average Bonchev–Trinajstić information content (AvgIpc) is 3.55. The summed E-state index contributed by atoms with van der Waals surface area (Å²) in [5.41, 5.74) is 13.9. The lowest BCUT2D eigenvalue weighted by Crippen LogP contribution is -2.64. The molecule has 11 nitrogen and oxygen atoms in total. The smallest absolute Gasteiger partial charge is 0.407 e. The maximum Gasteiger partial charge on any atom is 0.407 e. The van der Waals surface area contributed by atoms with Crippen molar-refractivity contribution in [3.63, 3.8) is 0 Å². The molecule has 1 aliphatic heterocycles. The Hall–Kier alpha value is -5.40. The van der Waals surface area contributed by atoms with E-state index in [1.807, 2.05) is 140 Å². The summed E-state index contributed by atoms with van der Waals surface area (Å²) in [6.07, 6.45) is -4.17. The summed E-state index contributed by atoms with van der Waals surface area (Å²) in [5, 5.41) is 12.6. The number of alkyl carbamates (subject to hydrolysis) is 1. The van der Waals surface area contributed by atoms with Gasteiger partial charge in [0.05, 0.1) is 39.1 Å². The molecule has 1 amide bonds. The molecule has 7 rings (SSSR count). The molecule has 0 aromatic heterocycles. The van der Waals surface area contributed by atoms with Gasteiger partial charge in [-0.25, -0.2) is 9.59 Å². The highest BCUT2D eigenvalue weighted by molar-refractivity contribution is 5.81. The van der Waals surface area contributed by atoms with Crippen LogP contribution in [-0.2, 0) is 53.0 Å². The van der Waals surface area contributed by atoms with Gasteiger partial charge in [0, 0.05) is 5.92 Å². The van der Waals surface area contributed by atoms with Crippen LogP contribution in [0.25, 0.3) is 11.1 Å². The van der Waals surface area contributed by atoms with Crippen LogP contribution in [0.5, 0.6) is 0 Å². The van der Waals surface area contributed by atoms with Crippen molar-refractivity contribution in [1.29, 1.82) is 0 Å². The van der Waals surface area contributed by atoms with Crippen LogP contribution in [0, 0.1) is 0 Å². The molecule has 11 heteroatoms. The number of nitrogens with two attached hydrogens (primary N) is 1. The number of nitrogens with one attached hydrogen (secondary N) is 1. The minimum Gasteiger partial charge on any atom is -0.480 e. The summed E-state index contributed by atoms with van der Waals surface area (Å²) in [4.78, 5) is 25.5. The first-order valence-electron chi connectivity index (χ1n) is 18.7. The molecule has 1 heterocycles. The summed E-state index contributed by atoms with van der Waals surface area (Å²) in [6.45, 7) is 0.487. The van der Waals surface area contributed by atoms with Crippen molar-refractivity contribution in [2.45, 2.75) is 62.4 Å². The average molecular weight is 759 g/mol. The van der Waals surface area contributed by atoms with Crippen molar-refractivity contribution in [2.75, 3.05) is 19.8 Å². The Balaban J connectivity index is 1.04. The molecule has 56 heavy (non-hydrogen) atoms. The molecule has 6 atom stereocenters. The summed E-state index contributed by atoms with van der Waals surface area (Å²) in [6, 6.07) is 42.7. The largest absolute Gasteiger partial charge is 0.480 e. The predicted octanol–water partition coefficient (Wildman–Crippen LogP) is 6.43. The second-order valence-electron chi connectivity index (χ2n) is 13.8. The first-order chi connectivity index (χ1) is 27.4. The quantitative estimate of drug-likeness (QED) is 0.0969. The van der Waals surface area contributed by atoms with Crippen LogP contribution < -0.4 is 11.1 Å². The maximum atomic E-state index is 13.1. The van der Waals surface area contributed by atoms with Gasteiger partial charge in [0.15, 0.2) is 12.3 Å². The van der Waals surface area contributed by atoms with Crippen molar-refractivity contribution in [1.82, 2.24) is 5.32 Å². The van der Waals surface area contributed by atoms with Crippen molar-refractivity contribution in [3.8, 4) is 11.1 Å². The number of hydrogen-bond acceptors (Lipinski definition) is 9. The summed E-state index contributed by atoms with van der Waals surface area (Å²) in [7, 11) is 0. The van der Waals surface area contributed by atoms with Crippen LogP contribution >= 0.6 is 0 Å². The molecule has 1 fully saturated rings. The first-order valence-corrected chi connectivity index (χ1v) is 18.7. The Morgan fingerprint density at radius 2 is 1.14 bits per heavy atom. The summed E-state index contributed by atoms with van der Waals surface area (Å²) >= 11 is 0. The lowest BCUT2D eigenvalue weighted by atomic mass is 9.96. The molecule has 0 spiro atoms. The normalized spacial score (nSPS) is 20.8. The number of aliphatic carboxylic acids is 1. The van der Waals surface area contributed by atoms with Gasteiger partial charge < -0.3 is 44.6 Å². The van der Waals surface area contributed by atoms with Crippen LogP contribution in [0.3, 0.4) is 0 Å². The molecule has 4 N–H and O–H groups in total. The highest BCUT2D eigenvalue weighted by atomic mass is 16.7. The number of carbonyl (C=O) groups is 2. The molecule has 290 valence electrons. The number of benzene rings is 5. The van der Waals surface area contributed by atoms with E-state index in [0.717, 1.165) is 38.9 Å². The topological polar surface area (TPSA) is 148 Å². The number of ether oxygens (including phenoxy) is 6. The van der Waals surface area contributed by atoms with Crippen molar-refractivity contribution >= 4 is 12.1 Å². The van der Waals surface area contributed by atoms with Crippen molar-refractivity contribution < 1.29 is 43.1 Å². The number of rotatable bonds is 17. The minimum absolute atomic E-state index is 0.0269. The molecule has 5 aromatic rings. The zero-order valence-corrected chi connectivity index (χ0v) is 30.9. The molecule has 5 aromatic carbocycles. The van der Waals surface area contributed by atoms with Crippen LogP contribution in [0.15, 0.2) is 140 Å². The third-order valence-corrected chi connectivity index (χ3v) is 10.0. The Labute approximate surface area is 326 Å². The zero-order chi connectivity index (χ0) is 38.7. The fourth-order valence-corrected chi connectivity index (χ4v) is 7.17. The molecule has 1 saturated heterocycles. The number of carbonyl (C=O) groups excluding carboxylic acids is 1. The van der Waals surface area contributed by atoms with Gasteiger partial charge >= 0.3 is 12.1 Å². The minimum atomic E-state index is -1.47. The number of fused-ring (bicyclic) bond motifs is 3. The van der Waals surface area contributed by atoms with Crippen LogP contribution in [0.4, 0.5) is 4.79 Å². The van der Waals surface area contributed by atoms with Gasteiger partial charge in [-0.15, -0.1) is 0 Å². The van der Waals surface area contributed by atoms with Crippen molar-refractivity contribution in [2.24, 2.45) is 5.73 Å². The van der Waals surface area contributed by atoms with Gasteiger partial charge in [0.1, 0.15) is 24.9 Å². The van der Waals surface area contributed by atoms with E-state index < -0.39 is 55.4 Å². The van der Waals surface area contributed by atoms with Crippen molar-refractivity contribution in [3.05, 3.63) is 167 Å². The third kappa shape index (κ3) is 9.69. The molecule has 2 aliphatic rings. The predicted molar refractivity (Wildman–Crippen MR) is 208 cm³/mol. The second kappa shape index (κ2) is 19.0. The molecule has 0 bridgehead atoms. The van der Waals surface area contributed by atoms with Gasteiger partial charge in [0.25, 0.3) is 0 Å². The maximum absolute atomic E-state index is 13.1. The fraction of sp³-hybridized carbons (Fsp3) is 0.289. The van der Waals surface area contributed by atoms with E-state index in [-0.39, 0.29) is 32.3 Å². The number of amides is 1. The summed E-state index contributed by atoms with van der Waals surface area (Å²) in [5.74, 6) is -1.50. The second-order valence-corrected chi connectivity index (χ2v) is 13.8. The Morgan fingerprint density at radius 3 is 1.70 bits per heavy atom. The van der Waals surface area contributed by atoms with Gasteiger partial charge in [0.2, 0.25) is 0 Å². The molecule has 1 aliphatic carbocycles. The Kier molecular flexibility index (Phi) is 13.2. The standard InChI is InChI=1S/C45H46N2O9/c46-40-42(53-26-32-18-8-3-9-19-32)41(52-25-31-16-6-2-7-17-31)39(29-51-24-30-14-4-1-5-15-30)56-44(40)54-28-38(43(48)49)47-45(50)55-27-37-35-22-12-10-20-33(35)34-21-11-13-23-36(34)37/h1-23,37-42,44H,24-29,46H2,(H,47,50)(H,48,49)/t38-,39+,40+,41-,42+,44-/m0/s1. The lowest BCUT2D eigenvalue weighted by Gasteiger charge is -2.45. The first kappa shape index (κ1) is 38.9. The van der Waals surface area contributed by atoms with E-state index in [4.69, 9.17) is 34.2 Å². The molecular weight excluding hydrogens is 712 g/mol. The molecule has 0 saturated carbocycles. The van der Waals surface area contributed by atoms with E-state index >= 15 is 0 Å². The van der Waals surface area contributed by atoms with Crippen LogP contribution in [0.1, 0.15) is 33.7 Å². The van der Waals surface area contributed by atoms with Gasteiger partial charge in [-0.3, -0.25) is 0 Å². The highest BCUT2D eigenvalue weighted by Gasteiger charge is 2.47. The SMILES string of the molecule is N[C@H]1[C@@H](OC[C@H](NC(=O)OCC2c3ccccc3-c3ccccc32)C(=O)O)O[C@H](COCc2ccccc2)[C@H](OCc2ccccc2)[C@@H]1OCc1ccccc1. The highest BCUT2D eigenvalue weighted by Crippen LogP contribution is 2.44. The van der Waals surface area contributed by atoms with Crippen LogP contribution in [-0.4, -0.2) is 73.7 Å². The number of carboxylic acids is 1. The fourth-order valence-electron chi connectivity index (χ4n) is 7.17. The molecule has 0 radical (unpaired) electrons. The molecule has 0 unspecified atom stereocenters. The zero-order valence-electron chi connectivity index (χ0n) is 30.9. The monoisotopic (exact) mass is 758 g/mol. The van der Waals surface area contributed by atoms with Gasteiger partial charge in [-0.05, 0) is 38.9 Å². The van der Waals surface area contributed by atoms with Crippen LogP contribution in [0.2, 0.25) is 0 Å². The van der Waals surface area contributed by atoms with E-state index in [0.29, 0.717) is 6.61 Å². The third-order valence-electron chi connectivity index (χ3n) is 10.0. The summed E-state index contributed by atoms with van der Waals surface area (Å²) < 4.78 is 37.3. The Morgan fingerprint density at radius 1 is 0.643 bits per heavy atom. The van der Waals surface area contributed by atoms with E-state index in [1.54, 1.807) is 0 Å². The number of hydrogen-bond donors (Lipinski definition) is 3.